The van der Waals surface area contributed by atoms with Gasteiger partial charge in [0.05, 0.1) is 8.07 Å². The van der Waals surface area contributed by atoms with Gasteiger partial charge >= 0.3 is 0 Å². The van der Waals surface area contributed by atoms with Gasteiger partial charge in [-0.1, -0.05) is 108 Å². The van der Waals surface area contributed by atoms with Crippen LogP contribution >= 0.6 is 0 Å². The third kappa shape index (κ3) is 9.40. The monoisotopic (exact) mass is 763 g/mol. The Kier molecular flexibility index (Phi) is 10.6. The Morgan fingerprint density at radius 3 is 2.05 bits per heavy atom. The van der Waals surface area contributed by atoms with Gasteiger partial charge in [-0.2, -0.15) is 0 Å². The van der Waals surface area contributed by atoms with Crippen molar-refractivity contribution in [3.05, 3.63) is 138 Å². The summed E-state index contributed by atoms with van der Waals surface area (Å²) in [5.74, 6) is 0. The minimum Gasteiger partial charge on any atom is -0.305 e. The van der Waals surface area contributed by atoms with E-state index >= 15 is 0 Å². The Morgan fingerprint density at radius 2 is 1.44 bits per heavy atom. The molecule has 0 fully saturated rings. The largest absolute Gasteiger partial charge is 0.305 e. The van der Waals surface area contributed by atoms with E-state index in [2.05, 4.69) is 111 Å². The zero-order chi connectivity index (χ0) is 32.2. The molecule has 225 valence electrons. The summed E-state index contributed by atoms with van der Waals surface area (Å²) in [7, 11) is -1.33. The Bertz CT molecular complexity index is 1660. The van der Waals surface area contributed by atoms with Crippen molar-refractivity contribution in [3.63, 3.8) is 0 Å². The molecule has 2 nitrogen and oxygen atoms in total. The van der Waals surface area contributed by atoms with Gasteiger partial charge in [0.25, 0.3) is 0 Å². The molecule has 0 aliphatic rings. The van der Waals surface area contributed by atoms with Crippen LogP contribution in [0.4, 0.5) is 0 Å². The number of hydrogen-bond acceptors (Lipinski definition) is 2. The van der Waals surface area contributed by atoms with Crippen LogP contribution in [0.25, 0.3) is 22.5 Å². The molecule has 5 aromatic rings. The third-order valence-electron chi connectivity index (χ3n) is 7.17. The summed E-state index contributed by atoms with van der Waals surface area (Å²) in [6.07, 6.45) is 2.32. The van der Waals surface area contributed by atoms with E-state index in [0.717, 1.165) is 22.5 Å². The van der Waals surface area contributed by atoms with Crippen molar-refractivity contribution < 1.29 is 22.8 Å². The summed E-state index contributed by atoms with van der Waals surface area (Å²) in [4.78, 5) is 9.09. The number of benzene rings is 3. The van der Waals surface area contributed by atoms with Gasteiger partial charge < -0.3 is 9.97 Å². The maximum Gasteiger partial charge on any atom is 0.0795 e. The molecule has 0 bridgehead atoms. The average molecular weight is 763 g/mol. The topological polar surface area (TPSA) is 25.8 Å². The van der Waals surface area contributed by atoms with Crippen LogP contribution in [0.15, 0.2) is 109 Å². The molecule has 0 unspecified atom stereocenters. The molecule has 0 spiro atoms. The van der Waals surface area contributed by atoms with Gasteiger partial charge in [-0.05, 0) is 45.4 Å². The Balaban J connectivity index is 0.000000249. The molecule has 3 aromatic carbocycles. The molecule has 2 heterocycles. The molecule has 5 rings (SSSR count). The summed E-state index contributed by atoms with van der Waals surface area (Å²) >= 11 is 0. The summed E-state index contributed by atoms with van der Waals surface area (Å²) in [6, 6.07) is 39.0. The van der Waals surface area contributed by atoms with E-state index < -0.39 is 19.9 Å². The summed E-state index contributed by atoms with van der Waals surface area (Å²) < 4.78 is 16.6. The Labute approximate surface area is 277 Å². The summed E-state index contributed by atoms with van der Waals surface area (Å²) in [5, 5.41) is 1.39. The van der Waals surface area contributed by atoms with E-state index in [0.29, 0.717) is 5.56 Å². The van der Waals surface area contributed by atoms with Crippen molar-refractivity contribution in [1.29, 1.82) is 0 Å². The van der Waals surface area contributed by atoms with Gasteiger partial charge in [-0.15, -0.1) is 71.3 Å². The van der Waals surface area contributed by atoms with Crippen LogP contribution in [0.3, 0.4) is 0 Å². The number of rotatable bonds is 6. The van der Waals surface area contributed by atoms with Gasteiger partial charge in [-0.3, -0.25) is 0 Å². The van der Waals surface area contributed by atoms with Crippen LogP contribution in [-0.4, -0.2) is 18.0 Å². The second kappa shape index (κ2) is 14.5. The number of pyridine rings is 2. The SMILES string of the molecule is CC(C)(c1ccccc1)c1ccc[c-]c1-c1ccc([Si](C)(C)C)cn1.[2H]C([2H])(c1ccnc(-c2[c-]cccc2)c1)C(C)(C)C.[Ir]. The number of hydrogen-bond donors (Lipinski definition) is 0. The molecule has 0 saturated carbocycles. The number of aromatic nitrogens is 2. The minimum absolute atomic E-state index is 0. The first-order chi connectivity index (χ1) is 20.6. The minimum atomic E-state index is -1.40. The zero-order valence-electron chi connectivity index (χ0n) is 28.6. The predicted octanol–water partition coefficient (Wildman–Crippen LogP) is 9.55. The van der Waals surface area contributed by atoms with Crippen LogP contribution < -0.4 is 5.19 Å². The average Bonchev–Trinajstić information content (AvgIpc) is 3.01. The molecule has 0 aliphatic heterocycles. The van der Waals surface area contributed by atoms with E-state index in [9.17, 15) is 0 Å². The van der Waals surface area contributed by atoms with Crippen LogP contribution in [-0.2, 0) is 31.9 Å². The van der Waals surface area contributed by atoms with Crippen molar-refractivity contribution in [2.75, 3.05) is 0 Å². The Morgan fingerprint density at radius 1 is 0.744 bits per heavy atom. The van der Waals surface area contributed by atoms with Crippen molar-refractivity contribution in [2.45, 2.75) is 66.0 Å². The van der Waals surface area contributed by atoms with Gasteiger partial charge in [0.15, 0.2) is 0 Å². The molecular weight excluding hydrogens is 717 g/mol. The van der Waals surface area contributed by atoms with Crippen molar-refractivity contribution >= 4 is 13.3 Å². The smallest absolute Gasteiger partial charge is 0.0795 e. The van der Waals surface area contributed by atoms with Gasteiger partial charge in [0.1, 0.15) is 0 Å². The number of nitrogens with zero attached hydrogens (tertiary/aromatic N) is 2. The third-order valence-corrected chi connectivity index (χ3v) is 9.20. The van der Waals surface area contributed by atoms with Crippen molar-refractivity contribution in [2.24, 2.45) is 5.41 Å². The normalized spacial score (nSPS) is 12.7. The summed E-state index contributed by atoms with van der Waals surface area (Å²) in [6.45, 7) is 17.3. The fourth-order valence-corrected chi connectivity index (χ4v) is 5.84. The molecule has 43 heavy (non-hydrogen) atoms. The fourth-order valence-electron chi connectivity index (χ4n) is 4.81. The second-order valence-electron chi connectivity index (χ2n) is 13.2. The molecule has 0 atom stereocenters. The first-order valence-corrected chi connectivity index (χ1v) is 18.1. The quantitative estimate of drug-likeness (QED) is 0.127. The van der Waals surface area contributed by atoms with E-state index in [1.807, 2.05) is 57.2 Å². The summed E-state index contributed by atoms with van der Waals surface area (Å²) in [5.41, 5.74) is 6.38. The molecule has 0 aliphatic carbocycles. The molecule has 0 saturated heterocycles. The molecule has 0 amide bonds. The molecular formula is C39H44IrN2Si-2. The molecule has 0 N–H and O–H groups in total. The Hall–Kier alpha value is -3.17. The van der Waals surface area contributed by atoms with Crippen LogP contribution in [0.5, 0.6) is 0 Å². The van der Waals surface area contributed by atoms with Crippen molar-refractivity contribution in [3.8, 4) is 22.5 Å². The van der Waals surface area contributed by atoms with Crippen LogP contribution in [0.1, 0.15) is 54.1 Å². The van der Waals surface area contributed by atoms with Crippen LogP contribution in [0, 0.1) is 17.5 Å². The van der Waals surface area contributed by atoms with Gasteiger partial charge in [0.2, 0.25) is 0 Å². The maximum atomic E-state index is 8.31. The molecule has 2 aromatic heterocycles. The fraction of sp³-hybridized carbons (Fsp3) is 0.282. The van der Waals surface area contributed by atoms with Crippen LogP contribution in [0.2, 0.25) is 19.6 Å². The van der Waals surface area contributed by atoms with E-state index in [1.54, 1.807) is 12.3 Å². The predicted molar refractivity (Wildman–Crippen MR) is 182 cm³/mol. The first-order valence-electron chi connectivity index (χ1n) is 15.6. The standard InChI is InChI=1S/C23H26NSi.C16H18N.Ir/c1-23(2,18-11-7-6-8-12-18)21-14-10-9-13-20(21)22-16-15-19(17-24-22)25(3,4)5;1-16(2,3)12-13-9-10-17-15(11-13)14-7-5-4-6-8-14;/h6-12,14-17H,1-5H3;4-7,9-11H,12H2,1-3H3;/q2*-1;/i;12D2;. The first kappa shape index (κ1) is 31.3. The molecule has 4 heteroatoms. The van der Waals surface area contributed by atoms with Gasteiger partial charge in [0, 0.05) is 35.2 Å². The second-order valence-corrected chi connectivity index (χ2v) is 18.3. The van der Waals surface area contributed by atoms with E-state index in [1.165, 1.54) is 16.3 Å². The van der Waals surface area contributed by atoms with Gasteiger partial charge in [-0.25, -0.2) is 0 Å². The molecule has 1 radical (unpaired) electrons. The maximum absolute atomic E-state index is 8.31. The van der Waals surface area contributed by atoms with Crippen molar-refractivity contribution in [1.82, 2.24) is 9.97 Å². The van der Waals surface area contributed by atoms with E-state index in [4.69, 9.17) is 7.73 Å². The van der Waals surface area contributed by atoms with E-state index in [-0.39, 0.29) is 25.5 Å². The zero-order valence-corrected chi connectivity index (χ0v) is 30.0.